The Morgan fingerprint density at radius 1 is 1.03 bits per heavy atom. The van der Waals surface area contributed by atoms with Crippen LogP contribution in [0.5, 0.6) is 0 Å². The Balaban J connectivity index is 2.43. The average Bonchev–Trinajstić information content (AvgIpc) is 2.66. The van der Waals surface area contributed by atoms with Crippen molar-refractivity contribution < 1.29 is 32.7 Å². The topological polar surface area (TPSA) is 185 Å². The van der Waals surface area contributed by atoms with Crippen molar-refractivity contribution >= 4 is 33.7 Å². The number of hydrogen-bond acceptors (Lipinski definition) is 6. The maximum Gasteiger partial charge on any atom is 0.326 e. The molecule has 3 amide bonds. The van der Waals surface area contributed by atoms with Crippen LogP contribution in [0.1, 0.15) is 36.5 Å². The summed E-state index contributed by atoms with van der Waals surface area (Å²) in [6, 6.07) is 3.77. The maximum absolute atomic E-state index is 12.0. The lowest BCUT2D eigenvalue weighted by molar-refractivity contribution is -0.142. The van der Waals surface area contributed by atoms with Gasteiger partial charge in [0, 0.05) is 5.56 Å². The molecule has 6 N–H and O–H groups in total. The second kappa shape index (κ2) is 11.1. The number of unbranched alkanes of at least 4 members (excludes halogenated alkanes) is 1. The van der Waals surface area contributed by atoms with Crippen LogP contribution in [0.4, 0.5) is 0 Å². The molecular formula is C17H24N4O7S. The van der Waals surface area contributed by atoms with E-state index < -0.39 is 52.8 Å². The number of primary sulfonamides is 1. The van der Waals surface area contributed by atoms with E-state index >= 15 is 0 Å². The van der Waals surface area contributed by atoms with E-state index in [0.717, 1.165) is 18.6 Å². The van der Waals surface area contributed by atoms with Crippen LogP contribution in [0.2, 0.25) is 0 Å². The van der Waals surface area contributed by atoms with Gasteiger partial charge in [0.05, 0.1) is 18.0 Å². The SMILES string of the molecule is CCCC[C@H](NC(=O)CNC(=O)CNC(=O)c1ccc(S(N)(=O)=O)cc1)C(=O)O. The van der Waals surface area contributed by atoms with Gasteiger partial charge in [-0.15, -0.1) is 0 Å². The lowest BCUT2D eigenvalue weighted by atomic mass is 10.1. The molecule has 11 nitrogen and oxygen atoms in total. The van der Waals surface area contributed by atoms with Gasteiger partial charge in [0.1, 0.15) is 6.04 Å². The van der Waals surface area contributed by atoms with Gasteiger partial charge in [0.2, 0.25) is 21.8 Å². The minimum absolute atomic E-state index is 0.114. The van der Waals surface area contributed by atoms with E-state index in [1.54, 1.807) is 0 Å². The van der Waals surface area contributed by atoms with E-state index in [2.05, 4.69) is 16.0 Å². The van der Waals surface area contributed by atoms with E-state index in [9.17, 15) is 27.6 Å². The molecule has 160 valence electrons. The first-order valence-corrected chi connectivity index (χ1v) is 10.3. The molecule has 0 saturated heterocycles. The van der Waals surface area contributed by atoms with Crippen LogP contribution in [0, 0.1) is 0 Å². The molecule has 1 atom stereocenters. The number of hydrogen-bond donors (Lipinski definition) is 5. The first kappa shape index (κ1) is 24.0. The summed E-state index contributed by atoms with van der Waals surface area (Å²) in [6.45, 7) is 1.03. The number of carbonyl (C=O) groups is 4. The van der Waals surface area contributed by atoms with Gasteiger partial charge in [0.25, 0.3) is 5.91 Å². The number of sulfonamides is 1. The van der Waals surface area contributed by atoms with Crippen LogP contribution in [0.3, 0.4) is 0 Å². The number of carboxylic acid groups (broad SMARTS) is 1. The average molecular weight is 428 g/mol. The molecule has 0 saturated carbocycles. The van der Waals surface area contributed by atoms with Crippen molar-refractivity contribution in [2.75, 3.05) is 13.1 Å². The maximum atomic E-state index is 12.0. The number of amides is 3. The summed E-state index contributed by atoms with van der Waals surface area (Å²) >= 11 is 0. The molecule has 0 aliphatic carbocycles. The number of nitrogens with one attached hydrogen (secondary N) is 3. The second-order valence-corrected chi connectivity index (χ2v) is 7.69. The summed E-state index contributed by atoms with van der Waals surface area (Å²) in [5.41, 5.74) is 0.114. The number of nitrogens with two attached hydrogens (primary N) is 1. The number of benzene rings is 1. The highest BCUT2D eigenvalue weighted by molar-refractivity contribution is 7.89. The van der Waals surface area contributed by atoms with Crippen LogP contribution in [-0.4, -0.2) is 56.3 Å². The van der Waals surface area contributed by atoms with Crippen molar-refractivity contribution in [1.29, 1.82) is 0 Å². The summed E-state index contributed by atoms with van der Waals surface area (Å²) in [7, 11) is -3.88. The number of rotatable bonds is 11. The van der Waals surface area contributed by atoms with Crippen LogP contribution in [0.15, 0.2) is 29.2 Å². The number of carbonyl (C=O) groups excluding carboxylic acids is 3. The first-order valence-electron chi connectivity index (χ1n) is 8.74. The van der Waals surface area contributed by atoms with Crippen molar-refractivity contribution in [1.82, 2.24) is 16.0 Å². The Morgan fingerprint density at radius 2 is 1.62 bits per heavy atom. The van der Waals surface area contributed by atoms with E-state index in [1.807, 2.05) is 6.92 Å². The molecule has 0 bridgehead atoms. The minimum Gasteiger partial charge on any atom is -0.480 e. The van der Waals surface area contributed by atoms with Gasteiger partial charge >= 0.3 is 5.97 Å². The van der Waals surface area contributed by atoms with Crippen molar-refractivity contribution in [2.24, 2.45) is 5.14 Å². The molecule has 0 heterocycles. The third kappa shape index (κ3) is 8.70. The smallest absolute Gasteiger partial charge is 0.326 e. The van der Waals surface area contributed by atoms with Crippen LogP contribution < -0.4 is 21.1 Å². The van der Waals surface area contributed by atoms with Crippen LogP contribution >= 0.6 is 0 Å². The Morgan fingerprint density at radius 3 is 2.14 bits per heavy atom. The lowest BCUT2D eigenvalue weighted by Crippen LogP contribution is -2.47. The quantitative estimate of drug-likeness (QED) is 0.297. The molecule has 0 spiro atoms. The van der Waals surface area contributed by atoms with E-state index in [4.69, 9.17) is 10.2 Å². The summed E-state index contributed by atoms with van der Waals surface area (Å²) in [4.78, 5) is 46.4. The highest BCUT2D eigenvalue weighted by Crippen LogP contribution is 2.08. The van der Waals surface area contributed by atoms with Crippen molar-refractivity contribution in [3.8, 4) is 0 Å². The fraction of sp³-hybridized carbons (Fsp3) is 0.412. The highest BCUT2D eigenvalue weighted by atomic mass is 32.2. The molecule has 0 unspecified atom stereocenters. The molecule has 1 aromatic rings. The zero-order valence-electron chi connectivity index (χ0n) is 15.8. The molecule has 1 aromatic carbocycles. The Kier molecular flexibility index (Phi) is 9.22. The zero-order chi connectivity index (χ0) is 22.0. The number of aliphatic carboxylic acids is 1. The predicted molar refractivity (Wildman–Crippen MR) is 102 cm³/mol. The predicted octanol–water partition coefficient (Wildman–Crippen LogP) is -1.06. The van der Waals surface area contributed by atoms with E-state index in [0.29, 0.717) is 6.42 Å². The summed E-state index contributed by atoms with van der Waals surface area (Å²) in [5, 5.41) is 20.9. The number of carboxylic acids is 1. The van der Waals surface area contributed by atoms with Crippen molar-refractivity contribution in [2.45, 2.75) is 37.1 Å². The van der Waals surface area contributed by atoms with Crippen LogP contribution in [-0.2, 0) is 24.4 Å². The molecule has 0 aliphatic rings. The van der Waals surface area contributed by atoms with Gasteiger partial charge in [-0.25, -0.2) is 18.4 Å². The monoisotopic (exact) mass is 428 g/mol. The first-order chi connectivity index (χ1) is 13.5. The largest absolute Gasteiger partial charge is 0.480 e. The fourth-order valence-electron chi connectivity index (χ4n) is 2.21. The zero-order valence-corrected chi connectivity index (χ0v) is 16.6. The van der Waals surface area contributed by atoms with Gasteiger partial charge in [-0.3, -0.25) is 14.4 Å². The Hall–Kier alpha value is -2.99. The second-order valence-electron chi connectivity index (χ2n) is 6.13. The van der Waals surface area contributed by atoms with Crippen molar-refractivity contribution in [3.05, 3.63) is 29.8 Å². The molecule has 12 heteroatoms. The third-order valence-electron chi connectivity index (χ3n) is 3.78. The highest BCUT2D eigenvalue weighted by Gasteiger charge is 2.19. The fourth-order valence-corrected chi connectivity index (χ4v) is 2.73. The van der Waals surface area contributed by atoms with Crippen molar-refractivity contribution in [3.63, 3.8) is 0 Å². The molecule has 29 heavy (non-hydrogen) atoms. The van der Waals surface area contributed by atoms with E-state index in [-0.39, 0.29) is 16.9 Å². The third-order valence-corrected chi connectivity index (χ3v) is 4.71. The van der Waals surface area contributed by atoms with Gasteiger partial charge in [-0.05, 0) is 30.7 Å². The molecule has 0 fully saturated rings. The summed E-state index contributed by atoms with van der Waals surface area (Å²) in [6.07, 6.45) is 1.69. The lowest BCUT2D eigenvalue weighted by Gasteiger charge is -2.14. The van der Waals surface area contributed by atoms with Gasteiger partial charge in [-0.2, -0.15) is 0 Å². The molecule has 1 rings (SSSR count). The van der Waals surface area contributed by atoms with Crippen LogP contribution in [0.25, 0.3) is 0 Å². The van der Waals surface area contributed by atoms with E-state index in [1.165, 1.54) is 12.1 Å². The molecular weight excluding hydrogens is 404 g/mol. The standard InChI is InChI=1S/C17H24N4O7S/c1-2-3-4-13(17(25)26)21-15(23)10-19-14(22)9-20-16(24)11-5-7-12(8-6-11)29(18,27)28/h5-8,13H,2-4,9-10H2,1H3,(H,19,22)(H,20,24)(H,21,23)(H,25,26)(H2,18,27,28)/t13-/m0/s1. The van der Waals surface area contributed by atoms with Gasteiger partial charge in [0.15, 0.2) is 0 Å². The summed E-state index contributed by atoms with van der Waals surface area (Å²) in [5.74, 6) is -3.10. The molecule has 0 aliphatic heterocycles. The normalized spacial score (nSPS) is 11.9. The Bertz CT molecular complexity index is 853. The summed E-state index contributed by atoms with van der Waals surface area (Å²) < 4.78 is 22.3. The molecule has 0 aromatic heterocycles. The molecule has 0 radical (unpaired) electrons. The van der Waals surface area contributed by atoms with Gasteiger partial charge < -0.3 is 21.1 Å². The Labute approximate surface area is 168 Å². The minimum atomic E-state index is -3.88. The van der Waals surface area contributed by atoms with Gasteiger partial charge in [-0.1, -0.05) is 19.8 Å².